The maximum absolute atomic E-state index is 12.9. The third-order valence-electron chi connectivity index (χ3n) is 7.02. The summed E-state index contributed by atoms with van der Waals surface area (Å²) in [5, 5.41) is 2.85. The van der Waals surface area contributed by atoms with Gasteiger partial charge in [0.05, 0.1) is 29.6 Å². The number of rotatable bonds is 9. The summed E-state index contributed by atoms with van der Waals surface area (Å²) in [6.07, 6.45) is 0. The summed E-state index contributed by atoms with van der Waals surface area (Å²) in [7, 11) is -19.2. The summed E-state index contributed by atoms with van der Waals surface area (Å²) in [4.78, 5) is 16.2. The Morgan fingerprint density at radius 3 is 2.15 bits per heavy atom. The van der Waals surface area contributed by atoms with Gasteiger partial charge in [-0.05, 0) is 17.7 Å². The summed E-state index contributed by atoms with van der Waals surface area (Å²) < 4.78 is 152. The summed E-state index contributed by atoms with van der Waals surface area (Å²) in [6, 6.07) is 1.61. The number of anilines is 4. The minimum atomic E-state index is -5.36. The Morgan fingerprint density at radius 1 is 0.889 bits per heavy atom. The molecular formula is C24H17Cl3N8O15S4. The monoisotopic (exact) mass is 890 g/mol. The highest BCUT2D eigenvalue weighted by molar-refractivity contribution is 7.87. The van der Waals surface area contributed by atoms with E-state index in [2.05, 4.69) is 35.6 Å². The van der Waals surface area contributed by atoms with Crippen molar-refractivity contribution in [2.75, 3.05) is 35.8 Å². The van der Waals surface area contributed by atoms with Crippen molar-refractivity contribution in [1.82, 2.24) is 19.9 Å². The van der Waals surface area contributed by atoms with Crippen LogP contribution in [0.5, 0.6) is 17.2 Å². The van der Waals surface area contributed by atoms with Gasteiger partial charge < -0.3 is 30.3 Å². The number of aromatic nitrogens is 4. The highest BCUT2D eigenvalue weighted by Gasteiger charge is 2.37. The van der Waals surface area contributed by atoms with Crippen LogP contribution in [-0.4, -0.2) is 91.2 Å². The van der Waals surface area contributed by atoms with Crippen LogP contribution in [0.2, 0.25) is 15.3 Å². The molecule has 288 valence electrons. The van der Waals surface area contributed by atoms with Gasteiger partial charge in [0.1, 0.15) is 31.8 Å². The number of nitrogens with zero attached hydrogens (tertiary/aromatic N) is 5. The number of nitrogens with two attached hydrogens (primary N) is 1. The molecule has 2 aliphatic heterocycles. The molecule has 0 bridgehead atoms. The zero-order valence-corrected chi connectivity index (χ0v) is 31.5. The number of nitrogens with one attached hydrogen (secondary N) is 2. The predicted molar refractivity (Wildman–Crippen MR) is 186 cm³/mol. The molecular weight excluding hydrogens is 875 g/mol. The molecule has 0 saturated carbocycles. The number of ether oxygens (including phenoxy) is 2. The molecule has 3 heterocycles. The highest BCUT2D eigenvalue weighted by Crippen LogP contribution is 2.56. The molecule has 2 aromatic carbocycles. The Bertz CT molecular complexity index is 2970. The first kappa shape index (κ1) is 39.3. The van der Waals surface area contributed by atoms with Gasteiger partial charge in [-0.15, -0.1) is 0 Å². The second kappa shape index (κ2) is 13.4. The Labute approximate surface area is 316 Å². The highest BCUT2D eigenvalue weighted by atomic mass is 35.5. The van der Waals surface area contributed by atoms with Crippen LogP contribution >= 0.6 is 34.8 Å². The van der Waals surface area contributed by atoms with Crippen molar-refractivity contribution in [3.63, 3.8) is 0 Å². The Kier molecular flexibility index (Phi) is 9.75. The van der Waals surface area contributed by atoms with Crippen molar-refractivity contribution in [3.8, 4) is 28.7 Å². The molecule has 6 rings (SSSR count). The van der Waals surface area contributed by atoms with Crippen LogP contribution < -0.4 is 31.2 Å². The average molecular weight is 892 g/mol. The lowest BCUT2D eigenvalue weighted by molar-refractivity contribution is 0.410. The summed E-state index contributed by atoms with van der Waals surface area (Å²) in [5.41, 5.74) is 2.35. The lowest BCUT2D eigenvalue weighted by Gasteiger charge is -2.27. The van der Waals surface area contributed by atoms with E-state index in [-0.39, 0.29) is 22.9 Å². The van der Waals surface area contributed by atoms with Gasteiger partial charge in [-0.1, -0.05) is 23.2 Å². The number of hydrogen-bond donors (Lipinski definition) is 7. The van der Waals surface area contributed by atoms with Crippen molar-refractivity contribution in [2.24, 2.45) is 4.99 Å². The fraction of sp³-hybridized carbons (Fsp3) is 0.125. The third-order valence-corrected chi connectivity index (χ3v) is 11.4. The fourth-order valence-electron chi connectivity index (χ4n) is 4.93. The Hall–Kier alpha value is -4.42. The van der Waals surface area contributed by atoms with Gasteiger partial charge in [-0.25, -0.2) is 9.98 Å². The van der Waals surface area contributed by atoms with Crippen LogP contribution in [0.3, 0.4) is 0 Å². The van der Waals surface area contributed by atoms with Crippen LogP contribution in [0.1, 0.15) is 0 Å². The van der Waals surface area contributed by atoms with Crippen LogP contribution in [0.15, 0.2) is 36.2 Å². The standard InChI is InChI=1S/C24H17Cl3N8O15S4/c1-48-8-4-7(31-24-34-22(27)33-23(35-24)29-2-3-51(36,37)38)20(53(42,43)44)19-13(8)32-15-11(26)17-14(10(25)18(15)50-19)30-6-5-9(52(39,40)41)12(28)21(16(6)49-17)54(45,46)47/h4-5,30H,2-3,28H2,1H3,(H,36,37,38)(H,39,40,41)(H,42,43,44)(H,45,46,47)(H,29,33,34,35). The van der Waals surface area contributed by atoms with E-state index in [0.717, 1.165) is 13.2 Å². The molecule has 0 saturated heterocycles. The van der Waals surface area contributed by atoms with Crippen LogP contribution in [-0.2, 0) is 40.5 Å². The zero-order chi connectivity index (χ0) is 39.9. The van der Waals surface area contributed by atoms with E-state index in [9.17, 15) is 47.3 Å². The molecule has 0 fully saturated rings. The van der Waals surface area contributed by atoms with Crippen molar-refractivity contribution in [1.29, 1.82) is 0 Å². The molecule has 0 unspecified atom stereocenters. The first-order chi connectivity index (χ1) is 24.9. The molecule has 0 atom stereocenters. The molecule has 0 spiro atoms. The molecule has 30 heteroatoms. The second-order valence-corrected chi connectivity index (χ2v) is 17.3. The summed E-state index contributed by atoms with van der Waals surface area (Å²) in [6.45, 7) is -0.397. The fourth-order valence-corrected chi connectivity index (χ4v) is 8.19. The van der Waals surface area contributed by atoms with Crippen molar-refractivity contribution >= 4 is 115 Å². The summed E-state index contributed by atoms with van der Waals surface area (Å²) in [5.74, 6) is -3.99. The number of hydrogen-bond acceptors (Lipinski definition) is 19. The minimum absolute atomic E-state index is 0.276. The third kappa shape index (κ3) is 7.34. The van der Waals surface area contributed by atoms with Crippen LogP contribution in [0.25, 0.3) is 22.6 Å². The average Bonchev–Trinajstić information content (AvgIpc) is 3.02. The number of fused-ring (bicyclic) bond motifs is 4. The van der Waals surface area contributed by atoms with Gasteiger partial charge >= 0.3 is 10.1 Å². The number of methoxy groups -OCH3 is 1. The maximum atomic E-state index is 12.9. The number of nitrogen functional groups attached to an aromatic ring is 1. The van der Waals surface area contributed by atoms with Gasteiger partial charge in [-0.3, -0.25) is 18.2 Å². The molecule has 23 nitrogen and oxygen atoms in total. The van der Waals surface area contributed by atoms with Gasteiger partial charge in [-0.2, -0.15) is 48.6 Å². The quantitative estimate of drug-likeness (QED) is 0.0623. The van der Waals surface area contributed by atoms with E-state index in [1.54, 1.807) is 0 Å². The van der Waals surface area contributed by atoms with E-state index in [1.165, 1.54) is 0 Å². The molecule has 54 heavy (non-hydrogen) atoms. The Balaban J connectivity index is 1.62. The van der Waals surface area contributed by atoms with E-state index < -0.39 is 134 Å². The molecule has 1 aliphatic carbocycles. The SMILES string of the molecule is COc1cc(=Nc2nc(Cl)nc(NCCS(=O)(=O)O)n2)c(S(=O)(=O)O)c2oc3c(Cl)c4c(c(Cl)c3nc1-2)Oc1c(cc(S(=O)(=O)O)c(N)c1S(=O)(=O)O)N4. The number of halogens is 3. The zero-order valence-electron chi connectivity index (χ0n) is 25.9. The van der Waals surface area contributed by atoms with Crippen molar-refractivity contribution in [2.45, 2.75) is 14.7 Å². The van der Waals surface area contributed by atoms with Gasteiger partial charge in [0.2, 0.25) is 11.2 Å². The minimum Gasteiger partial charge on any atom is -0.494 e. The topological polar surface area (TPSA) is 363 Å². The molecule has 8 N–H and O–H groups in total. The number of benzene rings is 3. The van der Waals surface area contributed by atoms with Gasteiger partial charge in [0.15, 0.2) is 38.4 Å². The van der Waals surface area contributed by atoms with Crippen molar-refractivity contribution in [3.05, 3.63) is 32.8 Å². The van der Waals surface area contributed by atoms with Crippen LogP contribution in [0, 0.1) is 0 Å². The van der Waals surface area contributed by atoms with Gasteiger partial charge in [0, 0.05) is 12.6 Å². The molecule has 0 radical (unpaired) electrons. The summed E-state index contributed by atoms with van der Waals surface area (Å²) >= 11 is 19.2. The first-order valence-corrected chi connectivity index (χ1v) is 20.8. The molecule has 0 amide bonds. The second-order valence-electron chi connectivity index (χ2n) is 10.5. The lowest BCUT2D eigenvalue weighted by atomic mass is 10.1. The largest absolute Gasteiger partial charge is 0.494 e. The molecule has 1 aromatic heterocycles. The first-order valence-electron chi connectivity index (χ1n) is 13.7. The lowest BCUT2D eigenvalue weighted by Crippen LogP contribution is -2.19. The van der Waals surface area contributed by atoms with Crippen LogP contribution in [0.4, 0.5) is 29.0 Å². The Morgan fingerprint density at radius 2 is 1.56 bits per heavy atom. The molecule has 3 aliphatic rings. The van der Waals surface area contributed by atoms with E-state index >= 15 is 0 Å². The molecule has 3 aromatic rings. The van der Waals surface area contributed by atoms with E-state index in [4.69, 9.17) is 59.0 Å². The van der Waals surface area contributed by atoms with Crippen molar-refractivity contribution < 1.29 is 65.8 Å². The predicted octanol–water partition coefficient (Wildman–Crippen LogP) is 2.79. The maximum Gasteiger partial charge on any atom is 0.300 e. The van der Waals surface area contributed by atoms with Gasteiger partial charge in [0.25, 0.3) is 36.3 Å². The normalized spacial score (nSPS) is 13.7. The van der Waals surface area contributed by atoms with E-state index in [0.29, 0.717) is 6.07 Å². The van der Waals surface area contributed by atoms with E-state index in [1.807, 2.05) is 0 Å². The smallest absolute Gasteiger partial charge is 0.300 e.